The maximum absolute atomic E-state index is 11.1. The summed E-state index contributed by atoms with van der Waals surface area (Å²) in [6, 6.07) is 7.73. The number of carbonyl (C=O) groups is 1. The van der Waals surface area contributed by atoms with E-state index in [9.17, 15) is 10.1 Å². The first kappa shape index (κ1) is 18.0. The highest BCUT2D eigenvalue weighted by Crippen LogP contribution is 2.35. The van der Waals surface area contributed by atoms with Crippen LogP contribution in [0.1, 0.15) is 63.5 Å². The van der Waals surface area contributed by atoms with Gasteiger partial charge in [0, 0.05) is 0 Å². The van der Waals surface area contributed by atoms with Gasteiger partial charge in [0.25, 0.3) is 0 Å². The topological polar surface area (TPSA) is 70.3 Å². The van der Waals surface area contributed by atoms with Crippen molar-refractivity contribution in [3.05, 3.63) is 29.3 Å². The summed E-state index contributed by atoms with van der Waals surface area (Å²) in [6.45, 7) is 6.18. The van der Waals surface area contributed by atoms with Crippen LogP contribution in [0.4, 0.5) is 0 Å². The second kappa shape index (κ2) is 9.09. The summed E-state index contributed by atoms with van der Waals surface area (Å²) in [4.78, 5) is 11.1. The Morgan fingerprint density at radius 2 is 2.05 bits per heavy atom. The van der Waals surface area contributed by atoms with E-state index < -0.39 is 11.9 Å². The first-order valence-electron chi connectivity index (χ1n) is 7.97. The Labute approximate surface area is 132 Å². The minimum absolute atomic E-state index is 0.0973. The Bertz CT molecular complexity index is 534. The van der Waals surface area contributed by atoms with Crippen LogP contribution in [0.2, 0.25) is 0 Å². The van der Waals surface area contributed by atoms with Crippen LogP contribution >= 0.6 is 0 Å². The second-order valence-corrected chi connectivity index (χ2v) is 5.48. The number of ether oxygens (including phenoxy) is 1. The third-order valence-corrected chi connectivity index (χ3v) is 4.01. The van der Waals surface area contributed by atoms with Crippen molar-refractivity contribution in [3.63, 3.8) is 0 Å². The van der Waals surface area contributed by atoms with Gasteiger partial charge in [0.05, 0.1) is 11.5 Å². The monoisotopic (exact) mass is 303 g/mol. The summed E-state index contributed by atoms with van der Waals surface area (Å²) in [6.07, 6.45) is 3.56. The average molecular weight is 303 g/mol. The maximum atomic E-state index is 11.1. The average Bonchev–Trinajstić information content (AvgIpc) is 2.52. The molecule has 1 aromatic carbocycles. The fourth-order valence-electron chi connectivity index (χ4n) is 2.60. The van der Waals surface area contributed by atoms with Crippen molar-refractivity contribution >= 4 is 5.97 Å². The van der Waals surface area contributed by atoms with E-state index in [-0.39, 0.29) is 6.61 Å². The number of hydrogen-bond acceptors (Lipinski definition) is 3. The summed E-state index contributed by atoms with van der Waals surface area (Å²) in [5.74, 6) is -0.520. The molecule has 2 atom stereocenters. The minimum Gasteiger partial charge on any atom is -0.491 e. The van der Waals surface area contributed by atoms with Gasteiger partial charge in [-0.25, -0.2) is 0 Å². The van der Waals surface area contributed by atoms with Gasteiger partial charge in [-0.3, -0.25) is 4.79 Å². The Balaban J connectivity index is 3.09. The van der Waals surface area contributed by atoms with Gasteiger partial charge >= 0.3 is 5.97 Å². The standard InChI is InChI=1S/C18H25NO3/c1-4-8-13(5-2)16-10-7-9-15(11-19)17(16)22-12-14(6-3)18(20)21/h7,9-10,13-14H,4-6,8,12H2,1-3H3,(H,20,21). The molecule has 1 N–H and O–H groups in total. The lowest BCUT2D eigenvalue weighted by molar-refractivity contribution is -0.142. The molecule has 0 amide bonds. The first-order chi connectivity index (χ1) is 10.6. The molecule has 1 aromatic rings. The van der Waals surface area contributed by atoms with Gasteiger partial charge in [0.1, 0.15) is 18.4 Å². The van der Waals surface area contributed by atoms with E-state index in [1.165, 1.54) is 0 Å². The Morgan fingerprint density at radius 3 is 2.55 bits per heavy atom. The van der Waals surface area contributed by atoms with Crippen molar-refractivity contribution in [2.75, 3.05) is 6.61 Å². The zero-order valence-electron chi connectivity index (χ0n) is 13.6. The molecule has 4 heteroatoms. The smallest absolute Gasteiger partial charge is 0.309 e. The summed E-state index contributed by atoms with van der Waals surface area (Å²) in [7, 11) is 0. The fourth-order valence-corrected chi connectivity index (χ4v) is 2.60. The van der Waals surface area contributed by atoms with Crippen molar-refractivity contribution in [1.82, 2.24) is 0 Å². The molecule has 0 fully saturated rings. The summed E-state index contributed by atoms with van der Waals surface area (Å²) in [5.41, 5.74) is 1.50. The summed E-state index contributed by atoms with van der Waals surface area (Å²) in [5, 5.41) is 18.5. The Kier molecular flexibility index (Phi) is 7.45. The molecule has 120 valence electrons. The minimum atomic E-state index is -0.862. The summed E-state index contributed by atoms with van der Waals surface area (Å²) < 4.78 is 5.80. The molecule has 0 spiro atoms. The highest BCUT2D eigenvalue weighted by atomic mass is 16.5. The third kappa shape index (κ3) is 4.49. The largest absolute Gasteiger partial charge is 0.491 e. The number of rotatable bonds is 9. The van der Waals surface area contributed by atoms with Crippen LogP contribution in [0.3, 0.4) is 0 Å². The predicted molar refractivity (Wildman–Crippen MR) is 86.0 cm³/mol. The van der Waals surface area contributed by atoms with Crippen molar-refractivity contribution in [2.24, 2.45) is 5.92 Å². The third-order valence-electron chi connectivity index (χ3n) is 4.01. The van der Waals surface area contributed by atoms with Crippen LogP contribution in [0.25, 0.3) is 0 Å². The van der Waals surface area contributed by atoms with Gasteiger partial charge in [-0.15, -0.1) is 0 Å². The van der Waals surface area contributed by atoms with E-state index in [1.807, 2.05) is 19.1 Å². The molecule has 22 heavy (non-hydrogen) atoms. The molecule has 0 aromatic heterocycles. The predicted octanol–water partition coefficient (Wildman–Crippen LogP) is 4.34. The molecule has 0 bridgehead atoms. The lowest BCUT2D eigenvalue weighted by atomic mass is 9.90. The van der Waals surface area contributed by atoms with Crippen LogP contribution in [0, 0.1) is 17.2 Å². The van der Waals surface area contributed by atoms with Gasteiger partial charge < -0.3 is 9.84 Å². The fraction of sp³-hybridized carbons (Fsp3) is 0.556. The van der Waals surface area contributed by atoms with Crippen molar-refractivity contribution < 1.29 is 14.6 Å². The molecule has 0 saturated heterocycles. The van der Waals surface area contributed by atoms with Gasteiger partial charge in [0.2, 0.25) is 0 Å². The van der Waals surface area contributed by atoms with Crippen LogP contribution < -0.4 is 4.74 Å². The molecule has 0 heterocycles. The number of nitriles is 1. The number of carboxylic acid groups (broad SMARTS) is 1. The van der Waals surface area contributed by atoms with Gasteiger partial charge in [-0.2, -0.15) is 5.26 Å². The lowest BCUT2D eigenvalue weighted by Crippen LogP contribution is -2.21. The highest BCUT2D eigenvalue weighted by Gasteiger charge is 2.21. The first-order valence-corrected chi connectivity index (χ1v) is 7.97. The zero-order valence-corrected chi connectivity index (χ0v) is 13.6. The zero-order chi connectivity index (χ0) is 16.5. The molecule has 0 radical (unpaired) electrons. The van der Waals surface area contributed by atoms with E-state index in [0.717, 1.165) is 24.8 Å². The van der Waals surface area contributed by atoms with E-state index in [1.54, 1.807) is 6.07 Å². The van der Waals surface area contributed by atoms with Crippen molar-refractivity contribution in [3.8, 4) is 11.8 Å². The maximum Gasteiger partial charge on any atom is 0.309 e. The number of hydrogen-bond donors (Lipinski definition) is 1. The van der Waals surface area contributed by atoms with Crippen LogP contribution in [-0.2, 0) is 4.79 Å². The van der Waals surface area contributed by atoms with Crippen molar-refractivity contribution in [2.45, 2.75) is 52.4 Å². The Hall–Kier alpha value is -2.02. The van der Waals surface area contributed by atoms with Gasteiger partial charge in [0.15, 0.2) is 0 Å². The molecule has 0 aliphatic rings. The van der Waals surface area contributed by atoms with Crippen LogP contribution in [-0.4, -0.2) is 17.7 Å². The van der Waals surface area contributed by atoms with E-state index in [2.05, 4.69) is 19.9 Å². The van der Waals surface area contributed by atoms with E-state index >= 15 is 0 Å². The van der Waals surface area contributed by atoms with Gasteiger partial charge in [-0.1, -0.05) is 39.3 Å². The molecule has 4 nitrogen and oxygen atoms in total. The molecular formula is C18H25NO3. The van der Waals surface area contributed by atoms with Crippen LogP contribution in [0.5, 0.6) is 5.75 Å². The molecule has 0 aliphatic carbocycles. The highest BCUT2D eigenvalue weighted by molar-refractivity contribution is 5.70. The van der Waals surface area contributed by atoms with E-state index in [0.29, 0.717) is 23.7 Å². The number of aliphatic carboxylic acids is 1. The molecule has 2 unspecified atom stereocenters. The van der Waals surface area contributed by atoms with E-state index in [4.69, 9.17) is 9.84 Å². The number of carboxylic acids is 1. The second-order valence-electron chi connectivity index (χ2n) is 5.48. The summed E-state index contributed by atoms with van der Waals surface area (Å²) >= 11 is 0. The lowest BCUT2D eigenvalue weighted by Gasteiger charge is -2.21. The number of para-hydroxylation sites is 1. The van der Waals surface area contributed by atoms with Gasteiger partial charge in [-0.05, 0) is 36.8 Å². The number of benzene rings is 1. The molecule has 0 saturated carbocycles. The molecule has 1 rings (SSSR count). The molecular weight excluding hydrogens is 278 g/mol. The SMILES string of the molecule is CCCC(CC)c1cccc(C#N)c1OCC(CC)C(=O)O. The Morgan fingerprint density at radius 1 is 1.32 bits per heavy atom. The van der Waals surface area contributed by atoms with Crippen LogP contribution in [0.15, 0.2) is 18.2 Å². The quantitative estimate of drug-likeness (QED) is 0.736. The normalized spacial score (nSPS) is 13.2. The van der Waals surface area contributed by atoms with Crippen molar-refractivity contribution in [1.29, 1.82) is 5.26 Å². The molecule has 0 aliphatic heterocycles. The number of nitrogens with zero attached hydrogens (tertiary/aromatic N) is 1.